The molecule has 3 aromatic rings. The van der Waals surface area contributed by atoms with E-state index in [-0.39, 0.29) is 5.91 Å². The van der Waals surface area contributed by atoms with Crippen molar-refractivity contribution in [3.8, 4) is 0 Å². The van der Waals surface area contributed by atoms with Gasteiger partial charge in [-0.2, -0.15) is 0 Å². The summed E-state index contributed by atoms with van der Waals surface area (Å²) in [7, 11) is -3.73. The molecular weight excluding hydrogens is 464 g/mol. The number of esters is 1. The Labute approximate surface area is 207 Å². The molecule has 8 heteroatoms. The van der Waals surface area contributed by atoms with Crippen molar-refractivity contribution in [2.24, 2.45) is 0 Å². The topological polar surface area (TPSA) is 84.0 Å². The molecule has 3 rings (SSSR count). The molecule has 3 aromatic carbocycles. The van der Waals surface area contributed by atoms with Crippen molar-refractivity contribution in [1.29, 1.82) is 0 Å². The van der Waals surface area contributed by atoms with Gasteiger partial charge >= 0.3 is 5.97 Å². The fourth-order valence-corrected chi connectivity index (χ4v) is 4.53. The highest BCUT2D eigenvalue weighted by molar-refractivity contribution is 7.92. The first-order chi connectivity index (χ1) is 16.7. The number of para-hydroxylation sites is 1. The molecule has 0 atom stereocenters. The average molecular weight is 495 g/mol. The Hall–Kier alpha value is -3.65. The summed E-state index contributed by atoms with van der Waals surface area (Å²) in [4.78, 5) is 27.2. The van der Waals surface area contributed by atoms with Crippen molar-refractivity contribution in [2.45, 2.75) is 19.9 Å². The molecule has 0 unspecified atom stereocenters. The first-order valence-electron chi connectivity index (χ1n) is 11.3. The van der Waals surface area contributed by atoms with Gasteiger partial charge in [-0.05, 0) is 36.1 Å². The Balaban J connectivity index is 1.65. The van der Waals surface area contributed by atoms with Crippen LogP contribution < -0.4 is 4.31 Å². The minimum absolute atomic E-state index is 0.347. The van der Waals surface area contributed by atoms with E-state index in [2.05, 4.69) is 0 Å². The van der Waals surface area contributed by atoms with Crippen LogP contribution in [0.5, 0.6) is 0 Å². The van der Waals surface area contributed by atoms with E-state index < -0.39 is 29.1 Å². The first kappa shape index (κ1) is 26.0. The van der Waals surface area contributed by atoms with E-state index in [0.717, 1.165) is 21.7 Å². The SMILES string of the molecule is Cc1ccccc1N(CC(=O)OCC(=O)N(CCc1ccccc1)Cc1ccccc1)S(C)(=O)=O. The predicted octanol–water partition coefficient (Wildman–Crippen LogP) is 3.58. The number of anilines is 1. The zero-order chi connectivity index (χ0) is 25.3. The zero-order valence-electron chi connectivity index (χ0n) is 20.0. The van der Waals surface area contributed by atoms with Crippen LogP contribution in [0.4, 0.5) is 5.69 Å². The van der Waals surface area contributed by atoms with Crippen LogP contribution in [0.1, 0.15) is 16.7 Å². The summed E-state index contributed by atoms with van der Waals surface area (Å²) in [6.45, 7) is 1.61. The zero-order valence-corrected chi connectivity index (χ0v) is 20.8. The lowest BCUT2D eigenvalue weighted by molar-refractivity contribution is -0.151. The van der Waals surface area contributed by atoms with Crippen molar-refractivity contribution in [3.63, 3.8) is 0 Å². The van der Waals surface area contributed by atoms with Gasteiger partial charge in [0.1, 0.15) is 6.54 Å². The van der Waals surface area contributed by atoms with Crippen molar-refractivity contribution in [3.05, 3.63) is 102 Å². The van der Waals surface area contributed by atoms with Crippen LogP contribution >= 0.6 is 0 Å². The van der Waals surface area contributed by atoms with Gasteiger partial charge in [-0.1, -0.05) is 78.9 Å². The summed E-state index contributed by atoms with van der Waals surface area (Å²) in [5.74, 6) is -1.14. The molecule has 0 fully saturated rings. The number of nitrogens with zero attached hydrogens (tertiary/aromatic N) is 2. The Bertz CT molecular complexity index is 1230. The molecule has 35 heavy (non-hydrogen) atoms. The third-order valence-corrected chi connectivity index (χ3v) is 6.62. The largest absolute Gasteiger partial charge is 0.454 e. The second-order valence-electron chi connectivity index (χ2n) is 8.25. The summed E-state index contributed by atoms with van der Waals surface area (Å²) >= 11 is 0. The van der Waals surface area contributed by atoms with Gasteiger partial charge in [0.15, 0.2) is 6.61 Å². The molecule has 0 radical (unpaired) electrons. The lowest BCUT2D eigenvalue weighted by Crippen LogP contribution is -2.39. The quantitative estimate of drug-likeness (QED) is 0.381. The maximum atomic E-state index is 13.0. The van der Waals surface area contributed by atoms with Gasteiger partial charge in [-0.25, -0.2) is 8.42 Å². The number of benzene rings is 3. The molecule has 0 aromatic heterocycles. The van der Waals surface area contributed by atoms with E-state index in [1.54, 1.807) is 36.1 Å². The summed E-state index contributed by atoms with van der Waals surface area (Å²) in [6.07, 6.45) is 1.69. The van der Waals surface area contributed by atoms with Crippen molar-refractivity contribution >= 4 is 27.6 Å². The molecule has 0 aliphatic rings. The van der Waals surface area contributed by atoms with Crippen LogP contribution in [0.25, 0.3) is 0 Å². The molecule has 0 aliphatic carbocycles. The van der Waals surface area contributed by atoms with Gasteiger partial charge in [-0.3, -0.25) is 13.9 Å². The van der Waals surface area contributed by atoms with Crippen LogP contribution in [0, 0.1) is 6.92 Å². The molecule has 0 saturated heterocycles. The second-order valence-corrected chi connectivity index (χ2v) is 10.2. The van der Waals surface area contributed by atoms with Crippen molar-refractivity contribution in [1.82, 2.24) is 4.90 Å². The van der Waals surface area contributed by atoms with E-state index in [9.17, 15) is 18.0 Å². The van der Waals surface area contributed by atoms with Crippen LogP contribution in [-0.4, -0.2) is 51.1 Å². The van der Waals surface area contributed by atoms with Gasteiger partial charge < -0.3 is 9.64 Å². The molecule has 0 saturated carbocycles. The van der Waals surface area contributed by atoms with Crippen LogP contribution in [-0.2, 0) is 37.3 Å². The summed E-state index contributed by atoms with van der Waals surface area (Å²) in [6, 6.07) is 26.3. The molecule has 0 spiro atoms. The molecule has 0 N–H and O–H groups in total. The maximum Gasteiger partial charge on any atom is 0.327 e. The number of ether oxygens (including phenoxy) is 1. The fourth-order valence-electron chi connectivity index (χ4n) is 3.63. The highest BCUT2D eigenvalue weighted by Crippen LogP contribution is 2.21. The monoisotopic (exact) mass is 494 g/mol. The van der Waals surface area contributed by atoms with E-state index in [1.165, 1.54) is 0 Å². The molecule has 184 valence electrons. The third-order valence-electron chi connectivity index (χ3n) is 5.50. The minimum Gasteiger partial charge on any atom is -0.454 e. The summed E-state index contributed by atoms with van der Waals surface area (Å²) < 4.78 is 30.9. The number of hydrogen-bond acceptors (Lipinski definition) is 5. The fraction of sp³-hybridized carbons (Fsp3) is 0.259. The van der Waals surface area contributed by atoms with E-state index in [0.29, 0.717) is 30.8 Å². The molecule has 0 heterocycles. The van der Waals surface area contributed by atoms with E-state index in [1.807, 2.05) is 60.7 Å². The van der Waals surface area contributed by atoms with Gasteiger partial charge in [0.2, 0.25) is 10.0 Å². The highest BCUT2D eigenvalue weighted by Gasteiger charge is 2.24. The van der Waals surface area contributed by atoms with Crippen molar-refractivity contribution < 1.29 is 22.7 Å². The van der Waals surface area contributed by atoms with Crippen LogP contribution in [0.3, 0.4) is 0 Å². The first-order valence-corrected chi connectivity index (χ1v) is 13.1. The number of rotatable bonds is 11. The van der Waals surface area contributed by atoms with Crippen molar-refractivity contribution in [2.75, 3.05) is 30.3 Å². The molecule has 0 aliphatic heterocycles. The summed E-state index contributed by atoms with van der Waals surface area (Å²) in [5, 5.41) is 0. The molecule has 1 amide bonds. The van der Waals surface area contributed by atoms with Crippen LogP contribution in [0.15, 0.2) is 84.9 Å². The third kappa shape index (κ3) is 7.96. The molecule has 0 bridgehead atoms. The summed E-state index contributed by atoms with van der Waals surface area (Å²) in [5.41, 5.74) is 3.16. The predicted molar refractivity (Wildman–Crippen MR) is 136 cm³/mol. The average Bonchev–Trinajstić information content (AvgIpc) is 2.85. The molecular formula is C27H30N2O5S. The van der Waals surface area contributed by atoms with Gasteiger partial charge in [0.25, 0.3) is 5.91 Å². The van der Waals surface area contributed by atoms with E-state index in [4.69, 9.17) is 4.74 Å². The minimum atomic E-state index is -3.73. The Kier molecular flexibility index (Phi) is 9.03. The van der Waals surface area contributed by atoms with Crippen LogP contribution in [0.2, 0.25) is 0 Å². The lowest BCUT2D eigenvalue weighted by atomic mass is 10.1. The highest BCUT2D eigenvalue weighted by atomic mass is 32.2. The lowest BCUT2D eigenvalue weighted by Gasteiger charge is -2.24. The standard InChI is InChI=1S/C27H30N2O5S/c1-22-11-9-10-16-25(22)29(35(2,32)33)20-27(31)34-21-26(30)28(19-24-14-7-4-8-15-24)18-17-23-12-5-3-6-13-23/h3-16H,17-21H2,1-2H3. The normalized spacial score (nSPS) is 11.0. The van der Waals surface area contributed by atoms with Gasteiger partial charge in [0, 0.05) is 13.1 Å². The number of hydrogen-bond donors (Lipinski definition) is 0. The Morgan fingerprint density at radius 2 is 1.40 bits per heavy atom. The number of sulfonamides is 1. The second kappa shape index (κ2) is 12.2. The smallest absolute Gasteiger partial charge is 0.327 e. The van der Waals surface area contributed by atoms with E-state index >= 15 is 0 Å². The number of amides is 1. The maximum absolute atomic E-state index is 13.0. The van der Waals surface area contributed by atoms with Gasteiger partial charge in [-0.15, -0.1) is 0 Å². The Morgan fingerprint density at radius 3 is 2.00 bits per heavy atom. The Morgan fingerprint density at radius 1 is 0.829 bits per heavy atom. The number of carbonyl (C=O) groups is 2. The van der Waals surface area contributed by atoms with Gasteiger partial charge in [0.05, 0.1) is 11.9 Å². The number of aryl methyl sites for hydroxylation is 1. The molecule has 7 nitrogen and oxygen atoms in total. The number of carbonyl (C=O) groups excluding carboxylic acids is 2.